The number of anilines is 1. The van der Waals surface area contributed by atoms with Gasteiger partial charge in [-0.2, -0.15) is 5.10 Å². The monoisotopic (exact) mass is 232 g/mol. The number of nitrogens with one attached hydrogen (secondary N) is 3. The van der Waals surface area contributed by atoms with E-state index in [1.165, 1.54) is 0 Å². The number of rotatable bonds is 3. The summed E-state index contributed by atoms with van der Waals surface area (Å²) in [6.07, 6.45) is 2.22. The minimum atomic E-state index is -0.0309. The first-order valence-corrected chi connectivity index (χ1v) is 5.51. The van der Waals surface area contributed by atoms with Crippen molar-refractivity contribution in [3.63, 3.8) is 0 Å². The van der Waals surface area contributed by atoms with Crippen LogP contribution >= 0.6 is 0 Å². The lowest BCUT2D eigenvalue weighted by Crippen LogP contribution is -2.15. The van der Waals surface area contributed by atoms with Crippen LogP contribution in [0.15, 0.2) is 12.3 Å². The molecule has 5 heteroatoms. The molecule has 0 unspecified atom stereocenters. The molecular weight excluding hydrogens is 216 g/mol. The quantitative estimate of drug-likeness (QED) is 0.755. The first-order chi connectivity index (χ1) is 8.06. The van der Waals surface area contributed by atoms with Gasteiger partial charge in [-0.1, -0.05) is 0 Å². The molecule has 0 spiro atoms. The van der Waals surface area contributed by atoms with Gasteiger partial charge in [0.15, 0.2) is 0 Å². The normalized spacial score (nSPS) is 10.5. The number of nitrogens with zero attached hydrogens (tertiary/aromatic N) is 1. The number of hydrogen-bond acceptors (Lipinski definition) is 2. The van der Waals surface area contributed by atoms with E-state index >= 15 is 0 Å². The van der Waals surface area contributed by atoms with Gasteiger partial charge in [0, 0.05) is 11.9 Å². The van der Waals surface area contributed by atoms with Gasteiger partial charge in [-0.15, -0.1) is 0 Å². The Labute approximate surface area is 99.6 Å². The number of carbonyl (C=O) groups excluding carboxylic acids is 1. The van der Waals surface area contributed by atoms with E-state index in [0.29, 0.717) is 6.42 Å². The zero-order valence-electron chi connectivity index (χ0n) is 10.2. The number of aromatic nitrogens is 3. The van der Waals surface area contributed by atoms with Gasteiger partial charge >= 0.3 is 0 Å². The molecular formula is C12H16N4O. The van der Waals surface area contributed by atoms with Gasteiger partial charge < -0.3 is 10.3 Å². The Kier molecular flexibility index (Phi) is 2.99. The molecule has 2 rings (SSSR count). The molecule has 2 aromatic heterocycles. The number of hydrogen-bond donors (Lipinski definition) is 3. The molecule has 5 nitrogen and oxygen atoms in total. The molecule has 0 fully saturated rings. The zero-order chi connectivity index (χ0) is 12.4. The summed E-state index contributed by atoms with van der Waals surface area (Å²) in [4.78, 5) is 14.9. The van der Waals surface area contributed by atoms with Gasteiger partial charge in [0.1, 0.15) is 0 Å². The molecule has 0 saturated carbocycles. The molecule has 3 N–H and O–H groups in total. The van der Waals surface area contributed by atoms with Crippen LogP contribution in [0.1, 0.15) is 22.6 Å². The van der Waals surface area contributed by atoms with Crippen molar-refractivity contribution in [3.8, 4) is 0 Å². The molecule has 0 radical (unpaired) electrons. The summed E-state index contributed by atoms with van der Waals surface area (Å²) in [6.45, 7) is 5.71. The zero-order valence-corrected chi connectivity index (χ0v) is 10.2. The fourth-order valence-corrected chi connectivity index (χ4v) is 1.77. The van der Waals surface area contributed by atoms with E-state index in [1.54, 1.807) is 0 Å². The average Bonchev–Trinajstić information content (AvgIpc) is 2.79. The molecule has 0 aliphatic rings. The molecule has 0 atom stereocenters. The van der Waals surface area contributed by atoms with E-state index < -0.39 is 0 Å². The van der Waals surface area contributed by atoms with Gasteiger partial charge in [-0.3, -0.25) is 9.89 Å². The van der Waals surface area contributed by atoms with Crippen molar-refractivity contribution in [2.45, 2.75) is 27.2 Å². The molecule has 1 amide bonds. The second kappa shape index (κ2) is 4.45. The first kappa shape index (κ1) is 11.4. The van der Waals surface area contributed by atoms with Crippen molar-refractivity contribution >= 4 is 11.6 Å². The molecule has 2 heterocycles. The van der Waals surface area contributed by atoms with E-state index in [-0.39, 0.29) is 5.91 Å². The predicted molar refractivity (Wildman–Crippen MR) is 65.9 cm³/mol. The molecule has 0 aliphatic carbocycles. The molecule has 17 heavy (non-hydrogen) atoms. The van der Waals surface area contributed by atoms with E-state index in [4.69, 9.17) is 0 Å². The lowest BCUT2D eigenvalue weighted by molar-refractivity contribution is -0.115. The van der Waals surface area contributed by atoms with Gasteiger partial charge in [0.2, 0.25) is 5.91 Å². The van der Waals surface area contributed by atoms with E-state index in [0.717, 1.165) is 28.3 Å². The largest absolute Gasteiger partial charge is 0.365 e. The molecule has 0 aromatic carbocycles. The maximum Gasteiger partial charge on any atom is 0.228 e. The van der Waals surface area contributed by atoms with Crippen LogP contribution in [0.5, 0.6) is 0 Å². The Morgan fingerprint density at radius 1 is 1.41 bits per heavy atom. The first-order valence-electron chi connectivity index (χ1n) is 5.51. The maximum absolute atomic E-state index is 11.8. The van der Waals surface area contributed by atoms with Crippen LogP contribution in [0, 0.1) is 20.8 Å². The fourth-order valence-electron chi connectivity index (χ4n) is 1.77. The molecule has 0 aliphatic heterocycles. The van der Waals surface area contributed by atoms with Gasteiger partial charge in [0.25, 0.3) is 0 Å². The van der Waals surface area contributed by atoms with Crippen LogP contribution in [0.2, 0.25) is 0 Å². The Hall–Kier alpha value is -2.04. The van der Waals surface area contributed by atoms with E-state index in [9.17, 15) is 4.79 Å². The minimum absolute atomic E-state index is 0.0309. The highest BCUT2D eigenvalue weighted by Crippen LogP contribution is 2.16. The predicted octanol–water partition coefficient (Wildman–Crippen LogP) is 1.84. The van der Waals surface area contributed by atoms with Gasteiger partial charge in [0.05, 0.1) is 23.5 Å². The number of H-pyrrole nitrogens is 2. The van der Waals surface area contributed by atoms with E-state index in [1.807, 2.05) is 33.0 Å². The topological polar surface area (TPSA) is 73.6 Å². The van der Waals surface area contributed by atoms with Crippen LogP contribution in [0.3, 0.4) is 0 Å². The average molecular weight is 232 g/mol. The van der Waals surface area contributed by atoms with Crippen molar-refractivity contribution < 1.29 is 4.79 Å². The number of aryl methyl sites for hydroxylation is 3. The standard InChI is InChI=1S/C12H16N4O/c1-7-4-10(6-13-7)5-11(17)14-12-8(2)15-16-9(12)3/h4,6,13H,5H2,1-3H3,(H,14,17)(H,15,16). The SMILES string of the molecule is Cc1cc(CC(=O)Nc2c(C)n[nH]c2C)c[nH]1. The molecule has 0 saturated heterocycles. The van der Waals surface area contributed by atoms with Crippen LogP contribution < -0.4 is 5.32 Å². The number of aromatic amines is 2. The Morgan fingerprint density at radius 3 is 2.71 bits per heavy atom. The van der Waals surface area contributed by atoms with Crippen LogP contribution in [-0.4, -0.2) is 21.1 Å². The van der Waals surface area contributed by atoms with Crippen molar-refractivity contribution in [2.75, 3.05) is 5.32 Å². The fraction of sp³-hybridized carbons (Fsp3) is 0.333. The lowest BCUT2D eigenvalue weighted by atomic mass is 10.2. The Morgan fingerprint density at radius 2 is 2.18 bits per heavy atom. The van der Waals surface area contributed by atoms with Crippen molar-refractivity contribution in [3.05, 3.63) is 34.9 Å². The second-order valence-electron chi connectivity index (χ2n) is 4.22. The summed E-state index contributed by atoms with van der Waals surface area (Å²) in [5, 5.41) is 9.74. The summed E-state index contributed by atoms with van der Waals surface area (Å²) in [7, 11) is 0. The highest BCUT2D eigenvalue weighted by Gasteiger charge is 2.10. The second-order valence-corrected chi connectivity index (χ2v) is 4.22. The molecule has 2 aromatic rings. The number of amides is 1. The summed E-state index contributed by atoms with van der Waals surface area (Å²) in [5.41, 5.74) is 4.51. The van der Waals surface area contributed by atoms with Crippen molar-refractivity contribution in [2.24, 2.45) is 0 Å². The Balaban J connectivity index is 2.03. The Bertz CT molecular complexity index is 519. The van der Waals surface area contributed by atoms with Crippen LogP contribution in [0.4, 0.5) is 5.69 Å². The lowest BCUT2D eigenvalue weighted by Gasteiger charge is -2.03. The van der Waals surface area contributed by atoms with E-state index in [2.05, 4.69) is 20.5 Å². The smallest absolute Gasteiger partial charge is 0.228 e. The highest BCUT2D eigenvalue weighted by atomic mass is 16.1. The number of carbonyl (C=O) groups is 1. The van der Waals surface area contributed by atoms with Gasteiger partial charge in [-0.25, -0.2) is 0 Å². The van der Waals surface area contributed by atoms with Crippen LogP contribution in [0.25, 0.3) is 0 Å². The third-order valence-electron chi connectivity index (χ3n) is 2.64. The molecule has 90 valence electrons. The third kappa shape index (κ3) is 2.55. The van der Waals surface area contributed by atoms with Crippen molar-refractivity contribution in [1.29, 1.82) is 0 Å². The van der Waals surface area contributed by atoms with Crippen molar-refractivity contribution in [1.82, 2.24) is 15.2 Å². The highest BCUT2D eigenvalue weighted by molar-refractivity contribution is 5.93. The molecule has 0 bridgehead atoms. The maximum atomic E-state index is 11.8. The van der Waals surface area contributed by atoms with Gasteiger partial charge in [-0.05, 0) is 32.4 Å². The summed E-state index contributed by atoms with van der Waals surface area (Å²) < 4.78 is 0. The summed E-state index contributed by atoms with van der Waals surface area (Å²) >= 11 is 0. The summed E-state index contributed by atoms with van der Waals surface area (Å²) in [5.74, 6) is -0.0309. The minimum Gasteiger partial charge on any atom is -0.365 e. The third-order valence-corrected chi connectivity index (χ3v) is 2.64. The van der Waals surface area contributed by atoms with Crippen LogP contribution in [-0.2, 0) is 11.2 Å². The summed E-state index contributed by atoms with van der Waals surface area (Å²) in [6, 6.07) is 1.97.